The van der Waals surface area contributed by atoms with Gasteiger partial charge in [0.2, 0.25) is 5.90 Å². The molecule has 1 heterocycles. The standard InChI is InChI=1S/C30H32N8O4/c1-20(2)34-29(40)30(18-22-8-4-6-11-26(22)36-38-32)27(25-10-5-3-9-23(25)19-33-37-31)42-28(35-30)21-12-14-24(15-13-21)41-17-7-16-39/h3-6,8-15,20,27,39H,7,16-19H2,1-2H3,(H,34,40)/t27-,30-/m1/s1. The van der Waals surface area contributed by atoms with Gasteiger partial charge in [0.15, 0.2) is 11.6 Å². The number of aliphatic hydroxyl groups is 1. The molecule has 0 spiro atoms. The summed E-state index contributed by atoms with van der Waals surface area (Å²) in [5.74, 6) is 0.505. The Morgan fingerprint density at radius 3 is 2.48 bits per heavy atom. The number of carbonyl (C=O) groups excluding carboxylic acids is 1. The fraction of sp³-hybridized carbons (Fsp3) is 0.333. The second-order valence-electron chi connectivity index (χ2n) is 10.00. The normalized spacial score (nSPS) is 17.4. The highest BCUT2D eigenvalue weighted by Crippen LogP contribution is 2.45. The highest BCUT2D eigenvalue weighted by molar-refractivity contribution is 6.01. The molecule has 0 aliphatic carbocycles. The largest absolute Gasteiger partial charge is 0.494 e. The third-order valence-corrected chi connectivity index (χ3v) is 6.70. The molecule has 0 fully saturated rings. The summed E-state index contributed by atoms with van der Waals surface area (Å²) >= 11 is 0. The maximum absolute atomic E-state index is 14.2. The highest BCUT2D eigenvalue weighted by atomic mass is 16.5. The Kier molecular flexibility index (Phi) is 10.0. The van der Waals surface area contributed by atoms with Gasteiger partial charge in [-0.1, -0.05) is 58.8 Å². The second-order valence-corrected chi connectivity index (χ2v) is 10.00. The number of aliphatic hydroxyl groups excluding tert-OH is 1. The molecule has 0 bridgehead atoms. The van der Waals surface area contributed by atoms with Crippen LogP contribution in [-0.2, 0) is 22.5 Å². The van der Waals surface area contributed by atoms with Crippen molar-refractivity contribution in [2.75, 3.05) is 13.2 Å². The Balaban J connectivity index is 1.88. The summed E-state index contributed by atoms with van der Waals surface area (Å²) < 4.78 is 12.2. The van der Waals surface area contributed by atoms with E-state index in [4.69, 9.17) is 25.1 Å². The summed E-state index contributed by atoms with van der Waals surface area (Å²) in [4.78, 5) is 25.1. The summed E-state index contributed by atoms with van der Waals surface area (Å²) in [6, 6.07) is 21.3. The van der Waals surface area contributed by atoms with Crippen molar-refractivity contribution >= 4 is 17.5 Å². The zero-order valence-corrected chi connectivity index (χ0v) is 23.4. The summed E-state index contributed by atoms with van der Waals surface area (Å²) in [5.41, 5.74) is 19.7. The number of nitrogens with one attached hydrogen (secondary N) is 1. The molecule has 0 unspecified atom stereocenters. The molecule has 3 aromatic carbocycles. The number of carbonyl (C=O) groups is 1. The van der Waals surface area contributed by atoms with Gasteiger partial charge in [-0.15, -0.1) is 0 Å². The van der Waals surface area contributed by atoms with Crippen molar-refractivity contribution in [2.24, 2.45) is 15.2 Å². The molecule has 2 N–H and O–H groups in total. The molecule has 42 heavy (non-hydrogen) atoms. The van der Waals surface area contributed by atoms with Crippen LogP contribution in [0.25, 0.3) is 20.9 Å². The van der Waals surface area contributed by atoms with Crippen LogP contribution in [0.5, 0.6) is 5.75 Å². The Labute approximate surface area is 243 Å². The van der Waals surface area contributed by atoms with E-state index >= 15 is 0 Å². The average molecular weight is 569 g/mol. The summed E-state index contributed by atoms with van der Waals surface area (Å²) in [7, 11) is 0. The number of hydrogen-bond donors (Lipinski definition) is 2. The van der Waals surface area contributed by atoms with Crippen LogP contribution in [0.3, 0.4) is 0 Å². The number of benzene rings is 3. The first-order valence-electron chi connectivity index (χ1n) is 13.5. The van der Waals surface area contributed by atoms with Crippen LogP contribution in [0.1, 0.15) is 48.6 Å². The van der Waals surface area contributed by atoms with Gasteiger partial charge in [-0.05, 0) is 65.9 Å². The minimum atomic E-state index is -1.51. The molecule has 2 atom stereocenters. The van der Waals surface area contributed by atoms with E-state index in [1.165, 1.54) is 0 Å². The maximum atomic E-state index is 14.2. The highest BCUT2D eigenvalue weighted by Gasteiger charge is 2.54. The van der Waals surface area contributed by atoms with Crippen molar-refractivity contribution in [2.45, 2.75) is 50.9 Å². The Morgan fingerprint density at radius 1 is 1.07 bits per heavy atom. The number of aliphatic imine (C=N–C) groups is 1. The van der Waals surface area contributed by atoms with E-state index in [2.05, 4.69) is 25.4 Å². The first-order valence-corrected chi connectivity index (χ1v) is 13.5. The Bertz CT molecular complexity index is 1530. The minimum Gasteiger partial charge on any atom is -0.494 e. The van der Waals surface area contributed by atoms with Crippen LogP contribution >= 0.6 is 0 Å². The van der Waals surface area contributed by atoms with Crippen LogP contribution in [0.2, 0.25) is 0 Å². The van der Waals surface area contributed by atoms with Gasteiger partial charge in [0.25, 0.3) is 5.91 Å². The van der Waals surface area contributed by atoms with Crippen molar-refractivity contribution in [1.29, 1.82) is 0 Å². The molecule has 216 valence electrons. The van der Waals surface area contributed by atoms with E-state index < -0.39 is 11.6 Å². The predicted octanol–water partition coefficient (Wildman–Crippen LogP) is 6.22. The van der Waals surface area contributed by atoms with Crippen LogP contribution in [-0.4, -0.2) is 41.7 Å². The Morgan fingerprint density at radius 2 is 1.79 bits per heavy atom. The molecule has 0 saturated carbocycles. The van der Waals surface area contributed by atoms with Crippen molar-refractivity contribution < 1.29 is 19.4 Å². The fourth-order valence-corrected chi connectivity index (χ4v) is 4.78. The van der Waals surface area contributed by atoms with Crippen molar-refractivity contribution in [3.8, 4) is 5.75 Å². The lowest BCUT2D eigenvalue weighted by atomic mass is 9.80. The lowest BCUT2D eigenvalue weighted by Gasteiger charge is -2.32. The van der Waals surface area contributed by atoms with Crippen LogP contribution in [0.4, 0.5) is 5.69 Å². The summed E-state index contributed by atoms with van der Waals surface area (Å²) in [6.07, 6.45) is -0.331. The lowest BCUT2D eigenvalue weighted by molar-refractivity contribution is -0.129. The van der Waals surface area contributed by atoms with Crippen LogP contribution in [0, 0.1) is 0 Å². The fourth-order valence-electron chi connectivity index (χ4n) is 4.78. The molecular formula is C30H32N8O4. The number of amides is 1. The van der Waals surface area contributed by atoms with E-state index in [0.29, 0.717) is 46.7 Å². The van der Waals surface area contributed by atoms with Gasteiger partial charge >= 0.3 is 0 Å². The molecule has 1 aliphatic rings. The zero-order chi connectivity index (χ0) is 30.0. The summed E-state index contributed by atoms with van der Waals surface area (Å²) in [5, 5.41) is 19.7. The van der Waals surface area contributed by atoms with Gasteiger partial charge in [-0.25, -0.2) is 4.99 Å². The smallest absolute Gasteiger partial charge is 0.252 e. The second kappa shape index (κ2) is 14.0. The van der Waals surface area contributed by atoms with Gasteiger partial charge in [-0.3, -0.25) is 4.79 Å². The van der Waals surface area contributed by atoms with E-state index in [-0.39, 0.29) is 37.4 Å². The predicted molar refractivity (Wildman–Crippen MR) is 158 cm³/mol. The lowest BCUT2D eigenvalue weighted by Crippen LogP contribution is -2.51. The minimum absolute atomic E-state index is 0.0363. The van der Waals surface area contributed by atoms with Gasteiger partial charge < -0.3 is 19.9 Å². The van der Waals surface area contributed by atoms with Crippen LogP contribution < -0.4 is 10.1 Å². The molecule has 4 rings (SSSR count). The maximum Gasteiger partial charge on any atom is 0.252 e. The molecule has 12 nitrogen and oxygen atoms in total. The van der Waals surface area contributed by atoms with Crippen molar-refractivity contribution in [3.63, 3.8) is 0 Å². The SMILES string of the molecule is CC(C)NC(=O)[C@]1(Cc2ccccc2N=[N+]=[N-])N=C(c2ccc(OCCCO)cc2)O[C@@H]1c1ccccc1CN=[N+]=[N-]. The van der Waals surface area contributed by atoms with Gasteiger partial charge in [0.05, 0.1) is 13.2 Å². The van der Waals surface area contributed by atoms with E-state index in [1.54, 1.807) is 48.5 Å². The number of azide groups is 2. The molecule has 0 radical (unpaired) electrons. The molecule has 3 aromatic rings. The van der Waals surface area contributed by atoms with Gasteiger partial charge in [0, 0.05) is 46.6 Å². The molecule has 1 aliphatic heterocycles. The first-order chi connectivity index (χ1) is 20.4. The number of ether oxygens (including phenoxy) is 2. The number of rotatable bonds is 13. The van der Waals surface area contributed by atoms with E-state index in [9.17, 15) is 10.3 Å². The quantitative estimate of drug-likeness (QED) is 0.108. The monoisotopic (exact) mass is 568 g/mol. The molecular weight excluding hydrogens is 536 g/mol. The molecule has 0 saturated heterocycles. The van der Waals surface area contributed by atoms with Crippen molar-refractivity contribution in [1.82, 2.24) is 5.32 Å². The third kappa shape index (κ3) is 6.82. The third-order valence-electron chi connectivity index (χ3n) is 6.70. The van der Waals surface area contributed by atoms with E-state index in [0.717, 1.165) is 0 Å². The summed E-state index contributed by atoms with van der Waals surface area (Å²) in [6.45, 7) is 4.19. The molecule has 12 heteroatoms. The van der Waals surface area contributed by atoms with E-state index in [1.807, 2.05) is 38.1 Å². The first kappa shape index (κ1) is 30.0. The topological polar surface area (TPSA) is 178 Å². The molecule has 1 amide bonds. The number of nitrogens with zero attached hydrogens (tertiary/aromatic N) is 7. The van der Waals surface area contributed by atoms with Gasteiger partial charge in [-0.2, -0.15) is 0 Å². The zero-order valence-electron chi connectivity index (χ0n) is 23.4. The van der Waals surface area contributed by atoms with Crippen molar-refractivity contribution in [3.05, 3.63) is 116 Å². The van der Waals surface area contributed by atoms with Crippen LogP contribution in [0.15, 0.2) is 88.0 Å². The Hall–Kier alpha value is -5.02. The number of hydrogen-bond acceptors (Lipinski definition) is 7. The van der Waals surface area contributed by atoms with Gasteiger partial charge in [0.1, 0.15) is 5.75 Å². The average Bonchev–Trinajstić information content (AvgIpc) is 3.38. The molecule has 0 aromatic heterocycles.